The smallest absolute Gasteiger partial charge is 0.407 e. The van der Waals surface area contributed by atoms with Crippen LogP contribution in [-0.2, 0) is 19.1 Å². The molecule has 2 aromatic carbocycles. The molecule has 1 saturated carbocycles. The average molecular weight is 453 g/mol. The molecule has 2 aliphatic carbocycles. The Bertz CT molecular complexity index is 990. The van der Waals surface area contributed by atoms with Crippen LogP contribution in [0.1, 0.15) is 36.3 Å². The zero-order valence-corrected chi connectivity index (χ0v) is 18.5. The van der Waals surface area contributed by atoms with E-state index in [0.29, 0.717) is 0 Å². The third-order valence-electron chi connectivity index (χ3n) is 6.47. The van der Waals surface area contributed by atoms with E-state index in [1.165, 1.54) is 7.11 Å². The number of hydrogen-bond acceptors (Lipinski definition) is 5. The van der Waals surface area contributed by atoms with Crippen LogP contribution >= 0.6 is 0 Å². The zero-order chi connectivity index (χ0) is 23.4. The van der Waals surface area contributed by atoms with Crippen molar-refractivity contribution in [3.63, 3.8) is 0 Å². The molecule has 1 fully saturated rings. The maximum atomic E-state index is 12.7. The van der Waals surface area contributed by atoms with E-state index in [4.69, 9.17) is 9.47 Å². The van der Waals surface area contributed by atoms with E-state index in [9.17, 15) is 19.5 Å². The van der Waals surface area contributed by atoms with E-state index in [-0.39, 0.29) is 25.0 Å². The quantitative estimate of drug-likeness (QED) is 0.539. The third kappa shape index (κ3) is 4.85. The molecular weight excluding hydrogens is 424 g/mol. The Morgan fingerprint density at radius 3 is 2.12 bits per heavy atom. The molecule has 0 spiro atoms. The number of fused-ring (bicyclic) bond motifs is 3. The summed E-state index contributed by atoms with van der Waals surface area (Å²) in [7, 11) is 1.40. The van der Waals surface area contributed by atoms with E-state index in [2.05, 4.69) is 10.6 Å². The number of amides is 2. The number of carboxylic acid groups (broad SMARTS) is 1. The predicted octanol–water partition coefficient (Wildman–Crippen LogP) is 2.91. The van der Waals surface area contributed by atoms with Crippen molar-refractivity contribution in [2.24, 2.45) is 5.92 Å². The first-order chi connectivity index (χ1) is 16.0. The number of alkyl carbamates (subject to hydrolysis) is 1. The lowest BCUT2D eigenvalue weighted by molar-refractivity contribution is -0.145. The SMILES string of the molecule is COC[C@H](NC(=O)OCC1c2ccccc2-c2ccccc21)C(=O)NC(C(=O)O)C1CCC1. The Morgan fingerprint density at radius 1 is 1.00 bits per heavy atom. The number of ether oxygens (including phenoxy) is 2. The van der Waals surface area contributed by atoms with Gasteiger partial charge in [-0.2, -0.15) is 0 Å². The summed E-state index contributed by atoms with van der Waals surface area (Å²) in [4.78, 5) is 36.8. The second-order valence-corrected chi connectivity index (χ2v) is 8.49. The number of aliphatic carboxylic acids is 1. The van der Waals surface area contributed by atoms with Gasteiger partial charge in [-0.25, -0.2) is 9.59 Å². The molecule has 0 radical (unpaired) electrons. The van der Waals surface area contributed by atoms with Crippen molar-refractivity contribution >= 4 is 18.0 Å². The summed E-state index contributed by atoms with van der Waals surface area (Å²) in [5, 5.41) is 14.5. The van der Waals surface area contributed by atoms with E-state index >= 15 is 0 Å². The van der Waals surface area contributed by atoms with Crippen molar-refractivity contribution in [1.82, 2.24) is 10.6 Å². The van der Waals surface area contributed by atoms with E-state index in [1.807, 2.05) is 48.5 Å². The van der Waals surface area contributed by atoms with Gasteiger partial charge in [-0.1, -0.05) is 55.0 Å². The van der Waals surface area contributed by atoms with Crippen LogP contribution in [0.4, 0.5) is 4.79 Å². The number of nitrogens with one attached hydrogen (secondary N) is 2. The minimum absolute atomic E-state index is 0.0934. The molecule has 4 rings (SSSR count). The second kappa shape index (κ2) is 10.0. The summed E-state index contributed by atoms with van der Waals surface area (Å²) in [6, 6.07) is 14.0. The van der Waals surface area contributed by atoms with Crippen LogP contribution in [0.3, 0.4) is 0 Å². The Balaban J connectivity index is 1.38. The van der Waals surface area contributed by atoms with Crippen LogP contribution in [-0.4, -0.2) is 55.5 Å². The maximum absolute atomic E-state index is 12.7. The zero-order valence-electron chi connectivity index (χ0n) is 18.5. The van der Waals surface area contributed by atoms with Gasteiger partial charge in [0.2, 0.25) is 5.91 Å². The molecule has 0 heterocycles. The largest absolute Gasteiger partial charge is 0.480 e. The fourth-order valence-corrected chi connectivity index (χ4v) is 4.54. The summed E-state index contributed by atoms with van der Waals surface area (Å²) >= 11 is 0. The van der Waals surface area contributed by atoms with Crippen LogP contribution in [0, 0.1) is 5.92 Å². The summed E-state index contributed by atoms with van der Waals surface area (Å²) < 4.78 is 10.6. The lowest BCUT2D eigenvalue weighted by atomic mass is 9.79. The highest BCUT2D eigenvalue weighted by Gasteiger charge is 2.36. The van der Waals surface area contributed by atoms with Gasteiger partial charge in [0, 0.05) is 13.0 Å². The highest BCUT2D eigenvalue weighted by molar-refractivity contribution is 5.89. The minimum atomic E-state index is -1.08. The summed E-state index contributed by atoms with van der Waals surface area (Å²) in [5.74, 6) is -1.88. The first-order valence-corrected chi connectivity index (χ1v) is 11.1. The molecule has 0 aromatic heterocycles. The molecule has 0 saturated heterocycles. The first kappa shape index (κ1) is 22.8. The number of rotatable bonds is 9. The van der Waals surface area contributed by atoms with Crippen LogP contribution in [0.25, 0.3) is 11.1 Å². The number of carbonyl (C=O) groups excluding carboxylic acids is 2. The molecule has 2 aromatic rings. The van der Waals surface area contributed by atoms with E-state index in [0.717, 1.165) is 41.5 Å². The summed E-state index contributed by atoms with van der Waals surface area (Å²) in [5.41, 5.74) is 4.41. The Kier molecular flexibility index (Phi) is 6.93. The monoisotopic (exact) mass is 452 g/mol. The molecule has 1 unspecified atom stereocenters. The van der Waals surface area contributed by atoms with Crippen LogP contribution in [0.15, 0.2) is 48.5 Å². The van der Waals surface area contributed by atoms with Crippen LogP contribution in [0.5, 0.6) is 0 Å². The molecule has 3 N–H and O–H groups in total. The average Bonchev–Trinajstić information content (AvgIpc) is 3.09. The molecule has 2 aliphatic rings. The summed E-state index contributed by atoms with van der Waals surface area (Å²) in [6.45, 7) is 0.00798. The number of carbonyl (C=O) groups is 3. The lowest BCUT2D eigenvalue weighted by Gasteiger charge is -2.32. The lowest BCUT2D eigenvalue weighted by Crippen LogP contribution is -2.56. The third-order valence-corrected chi connectivity index (χ3v) is 6.47. The standard InChI is InChI=1S/C25H28N2O6/c1-32-14-21(23(28)27-22(24(29)30)15-7-6-8-15)26-25(31)33-13-20-18-11-4-2-9-16(18)17-10-3-5-12-19(17)20/h2-5,9-12,15,20-22H,6-8,13-14H2,1H3,(H,26,31)(H,27,28)(H,29,30)/t21-,22?/m0/s1. The number of hydrogen-bond donors (Lipinski definition) is 3. The fraction of sp³-hybridized carbons (Fsp3) is 0.400. The molecule has 8 heteroatoms. The van der Waals surface area contributed by atoms with Gasteiger partial charge in [0.05, 0.1) is 6.61 Å². The van der Waals surface area contributed by atoms with Crippen molar-refractivity contribution in [1.29, 1.82) is 0 Å². The molecule has 2 amide bonds. The van der Waals surface area contributed by atoms with Crippen LogP contribution in [0.2, 0.25) is 0 Å². The van der Waals surface area contributed by atoms with Gasteiger partial charge < -0.3 is 25.2 Å². The number of carboxylic acids is 1. The Hall–Kier alpha value is -3.39. The maximum Gasteiger partial charge on any atom is 0.407 e. The molecule has 8 nitrogen and oxygen atoms in total. The van der Waals surface area contributed by atoms with Crippen molar-refractivity contribution < 1.29 is 29.0 Å². The van der Waals surface area contributed by atoms with Crippen molar-refractivity contribution in [3.8, 4) is 11.1 Å². The Labute approximate surface area is 192 Å². The normalized spacial score (nSPS) is 16.6. The highest BCUT2D eigenvalue weighted by atomic mass is 16.5. The van der Waals surface area contributed by atoms with Gasteiger partial charge >= 0.3 is 12.1 Å². The van der Waals surface area contributed by atoms with Gasteiger partial charge in [0.15, 0.2) is 0 Å². The van der Waals surface area contributed by atoms with E-state index < -0.39 is 30.1 Å². The number of benzene rings is 2. The molecule has 2 atom stereocenters. The topological polar surface area (TPSA) is 114 Å². The molecular formula is C25H28N2O6. The van der Waals surface area contributed by atoms with Crippen LogP contribution < -0.4 is 10.6 Å². The van der Waals surface area contributed by atoms with Crippen molar-refractivity contribution in [3.05, 3.63) is 59.7 Å². The van der Waals surface area contributed by atoms with Gasteiger partial charge in [-0.3, -0.25) is 4.79 Å². The molecule has 0 aliphatic heterocycles. The van der Waals surface area contributed by atoms with Crippen molar-refractivity contribution in [2.75, 3.05) is 20.3 Å². The molecule has 174 valence electrons. The van der Waals surface area contributed by atoms with Crippen molar-refractivity contribution in [2.45, 2.75) is 37.3 Å². The minimum Gasteiger partial charge on any atom is -0.480 e. The van der Waals surface area contributed by atoms with Gasteiger partial charge in [0.25, 0.3) is 0 Å². The summed E-state index contributed by atoms with van der Waals surface area (Å²) in [6.07, 6.45) is 1.70. The molecule has 33 heavy (non-hydrogen) atoms. The Morgan fingerprint density at radius 2 is 1.61 bits per heavy atom. The van der Waals surface area contributed by atoms with Gasteiger partial charge in [0.1, 0.15) is 18.7 Å². The fourth-order valence-electron chi connectivity index (χ4n) is 4.54. The molecule has 0 bridgehead atoms. The number of methoxy groups -OCH3 is 1. The first-order valence-electron chi connectivity index (χ1n) is 11.1. The second-order valence-electron chi connectivity index (χ2n) is 8.49. The van der Waals surface area contributed by atoms with Gasteiger partial charge in [-0.05, 0) is 41.0 Å². The van der Waals surface area contributed by atoms with E-state index in [1.54, 1.807) is 0 Å². The highest BCUT2D eigenvalue weighted by Crippen LogP contribution is 2.44. The van der Waals surface area contributed by atoms with Gasteiger partial charge in [-0.15, -0.1) is 0 Å². The predicted molar refractivity (Wildman–Crippen MR) is 121 cm³/mol.